The van der Waals surface area contributed by atoms with Gasteiger partial charge in [-0.1, -0.05) is 48.0 Å². The van der Waals surface area contributed by atoms with Crippen LogP contribution in [0.3, 0.4) is 0 Å². The number of carbonyl (C=O) groups is 2. The number of aromatic nitrogens is 2. The number of halogens is 1. The van der Waals surface area contributed by atoms with E-state index >= 15 is 0 Å². The average Bonchev–Trinajstić information content (AvgIpc) is 2.85. The second kappa shape index (κ2) is 9.82. The summed E-state index contributed by atoms with van der Waals surface area (Å²) in [5.74, 6) is -1.34. The molecule has 164 valence electrons. The van der Waals surface area contributed by atoms with Gasteiger partial charge in [0.05, 0.1) is 6.20 Å². The van der Waals surface area contributed by atoms with Gasteiger partial charge in [-0.3, -0.25) is 19.5 Å². The molecule has 0 saturated heterocycles. The number of anilines is 2. The van der Waals surface area contributed by atoms with Crippen molar-refractivity contribution in [3.05, 3.63) is 120 Å². The zero-order valence-electron chi connectivity index (χ0n) is 17.9. The molecule has 3 aromatic carbocycles. The van der Waals surface area contributed by atoms with Crippen molar-refractivity contribution in [3.8, 4) is 0 Å². The molecule has 4 rings (SSSR count). The Balaban J connectivity index is 1.82. The van der Waals surface area contributed by atoms with Gasteiger partial charge >= 0.3 is 0 Å². The molecular formula is C26H21FN4O2. The van der Waals surface area contributed by atoms with Crippen molar-refractivity contribution >= 4 is 23.2 Å². The Morgan fingerprint density at radius 1 is 0.909 bits per heavy atom. The molecule has 33 heavy (non-hydrogen) atoms. The van der Waals surface area contributed by atoms with E-state index in [1.807, 2.05) is 25.1 Å². The van der Waals surface area contributed by atoms with E-state index in [1.165, 1.54) is 47.8 Å². The fourth-order valence-electron chi connectivity index (χ4n) is 3.42. The van der Waals surface area contributed by atoms with Crippen LogP contribution in [0, 0.1) is 12.7 Å². The molecule has 6 nitrogen and oxygen atoms in total. The third-order valence-corrected chi connectivity index (χ3v) is 5.05. The number of carbonyl (C=O) groups excluding carboxylic acids is 2. The van der Waals surface area contributed by atoms with E-state index in [2.05, 4.69) is 15.3 Å². The van der Waals surface area contributed by atoms with Gasteiger partial charge in [0.2, 0.25) is 0 Å². The van der Waals surface area contributed by atoms with Crippen LogP contribution in [0.15, 0.2) is 97.5 Å². The molecule has 0 spiro atoms. The summed E-state index contributed by atoms with van der Waals surface area (Å²) < 4.78 is 13.3. The first kappa shape index (κ1) is 21.8. The maximum Gasteiger partial charge on any atom is 0.279 e. The van der Waals surface area contributed by atoms with E-state index in [1.54, 1.807) is 36.4 Å². The van der Waals surface area contributed by atoms with Crippen LogP contribution in [0.2, 0.25) is 0 Å². The lowest BCUT2D eigenvalue weighted by Gasteiger charge is -2.31. The standard InChI is InChI=1S/C26H21FN4O2/c1-18-7-13-22(14-8-18)31(26(33)23-17-28-15-16-29-23)24(19-5-3-2-4-6-19)25(32)30-21-11-9-20(27)10-12-21/h2-17,24H,1H3,(H,30,32)/t24-/m1/s1. The SMILES string of the molecule is Cc1ccc(N(C(=O)c2cnccn2)[C@@H](C(=O)Nc2ccc(F)cc2)c2ccccc2)cc1. The quantitative estimate of drug-likeness (QED) is 0.460. The minimum absolute atomic E-state index is 0.105. The zero-order chi connectivity index (χ0) is 23.2. The lowest BCUT2D eigenvalue weighted by molar-refractivity contribution is -0.117. The molecule has 1 N–H and O–H groups in total. The van der Waals surface area contributed by atoms with E-state index in [4.69, 9.17) is 0 Å². The summed E-state index contributed by atoms with van der Waals surface area (Å²) in [4.78, 5) is 36.8. The monoisotopic (exact) mass is 440 g/mol. The van der Waals surface area contributed by atoms with Crippen molar-refractivity contribution < 1.29 is 14.0 Å². The molecule has 0 bridgehead atoms. The molecule has 0 aliphatic rings. The highest BCUT2D eigenvalue weighted by Crippen LogP contribution is 2.30. The summed E-state index contributed by atoms with van der Waals surface area (Å²) in [5.41, 5.74) is 2.67. The molecular weight excluding hydrogens is 419 g/mol. The number of benzene rings is 3. The van der Waals surface area contributed by atoms with Crippen LogP contribution in [0.25, 0.3) is 0 Å². The maximum absolute atomic E-state index is 13.6. The Morgan fingerprint density at radius 2 is 1.61 bits per heavy atom. The Hall–Kier alpha value is -4.39. The molecule has 7 heteroatoms. The lowest BCUT2D eigenvalue weighted by Crippen LogP contribution is -2.42. The van der Waals surface area contributed by atoms with Gasteiger partial charge in [-0.2, -0.15) is 0 Å². The normalized spacial score (nSPS) is 11.5. The van der Waals surface area contributed by atoms with Gasteiger partial charge in [-0.15, -0.1) is 0 Å². The highest BCUT2D eigenvalue weighted by Gasteiger charge is 2.34. The smallest absolute Gasteiger partial charge is 0.279 e. The summed E-state index contributed by atoms with van der Waals surface area (Å²) in [6.45, 7) is 1.94. The summed E-state index contributed by atoms with van der Waals surface area (Å²) in [6, 6.07) is 20.7. The third kappa shape index (κ3) is 5.10. The molecule has 1 heterocycles. The highest BCUT2D eigenvalue weighted by molar-refractivity contribution is 6.11. The molecule has 4 aromatic rings. The van der Waals surface area contributed by atoms with Crippen LogP contribution in [0.4, 0.5) is 15.8 Å². The van der Waals surface area contributed by atoms with E-state index in [0.717, 1.165) is 5.56 Å². The van der Waals surface area contributed by atoms with Crippen LogP contribution < -0.4 is 10.2 Å². The van der Waals surface area contributed by atoms with Gasteiger partial charge in [0.1, 0.15) is 17.6 Å². The number of rotatable bonds is 6. The van der Waals surface area contributed by atoms with Gasteiger partial charge in [0.25, 0.3) is 11.8 Å². The Labute approximate surface area is 190 Å². The fraction of sp³-hybridized carbons (Fsp3) is 0.0769. The maximum atomic E-state index is 13.6. The number of hydrogen-bond donors (Lipinski definition) is 1. The molecule has 0 aliphatic heterocycles. The van der Waals surface area contributed by atoms with E-state index in [9.17, 15) is 14.0 Å². The summed E-state index contributed by atoms with van der Waals surface area (Å²) >= 11 is 0. The van der Waals surface area contributed by atoms with Crippen LogP contribution in [-0.4, -0.2) is 21.8 Å². The number of nitrogens with zero attached hydrogens (tertiary/aromatic N) is 3. The third-order valence-electron chi connectivity index (χ3n) is 5.05. The van der Waals surface area contributed by atoms with Crippen molar-refractivity contribution in [3.63, 3.8) is 0 Å². The van der Waals surface area contributed by atoms with E-state index < -0.39 is 23.7 Å². The first-order valence-corrected chi connectivity index (χ1v) is 10.3. The van der Waals surface area contributed by atoms with Crippen molar-refractivity contribution in [2.24, 2.45) is 0 Å². The number of amides is 2. The minimum atomic E-state index is -1.02. The van der Waals surface area contributed by atoms with Crippen molar-refractivity contribution in [2.45, 2.75) is 13.0 Å². The summed E-state index contributed by atoms with van der Waals surface area (Å²) in [6.07, 6.45) is 4.27. The van der Waals surface area contributed by atoms with E-state index in [-0.39, 0.29) is 5.69 Å². The number of aryl methyl sites for hydroxylation is 1. The highest BCUT2D eigenvalue weighted by atomic mass is 19.1. The molecule has 1 atom stereocenters. The number of hydrogen-bond acceptors (Lipinski definition) is 4. The minimum Gasteiger partial charge on any atom is -0.324 e. The number of nitrogens with one attached hydrogen (secondary N) is 1. The topological polar surface area (TPSA) is 75.2 Å². The van der Waals surface area contributed by atoms with Gasteiger partial charge in [0.15, 0.2) is 0 Å². The molecule has 1 aromatic heterocycles. The molecule has 0 unspecified atom stereocenters. The molecule has 0 fully saturated rings. The van der Waals surface area contributed by atoms with Crippen molar-refractivity contribution in [2.75, 3.05) is 10.2 Å². The van der Waals surface area contributed by atoms with Crippen LogP contribution in [-0.2, 0) is 4.79 Å². The van der Waals surface area contributed by atoms with Crippen LogP contribution in [0.5, 0.6) is 0 Å². The van der Waals surface area contributed by atoms with Gasteiger partial charge in [0, 0.05) is 23.8 Å². The summed E-state index contributed by atoms with van der Waals surface area (Å²) in [5, 5.41) is 2.80. The Bertz CT molecular complexity index is 1230. The largest absolute Gasteiger partial charge is 0.324 e. The molecule has 0 radical (unpaired) electrons. The predicted octanol–water partition coefficient (Wildman–Crippen LogP) is 4.95. The Kier molecular flexibility index (Phi) is 6.50. The Morgan fingerprint density at radius 3 is 2.24 bits per heavy atom. The first-order chi connectivity index (χ1) is 16.0. The van der Waals surface area contributed by atoms with Crippen molar-refractivity contribution in [1.29, 1.82) is 0 Å². The van der Waals surface area contributed by atoms with Gasteiger partial charge in [-0.25, -0.2) is 9.37 Å². The molecule has 0 aliphatic carbocycles. The zero-order valence-corrected chi connectivity index (χ0v) is 17.9. The second-order valence-electron chi connectivity index (χ2n) is 7.41. The van der Waals surface area contributed by atoms with Gasteiger partial charge in [-0.05, 0) is 48.9 Å². The molecule has 2 amide bonds. The van der Waals surface area contributed by atoms with Crippen molar-refractivity contribution in [1.82, 2.24) is 9.97 Å². The average molecular weight is 440 g/mol. The summed E-state index contributed by atoms with van der Waals surface area (Å²) in [7, 11) is 0. The second-order valence-corrected chi connectivity index (χ2v) is 7.41. The van der Waals surface area contributed by atoms with Gasteiger partial charge < -0.3 is 5.32 Å². The lowest BCUT2D eigenvalue weighted by atomic mass is 10.0. The van der Waals surface area contributed by atoms with Crippen LogP contribution >= 0.6 is 0 Å². The predicted molar refractivity (Wildman–Crippen MR) is 124 cm³/mol. The molecule has 0 saturated carbocycles. The van der Waals surface area contributed by atoms with Crippen LogP contribution in [0.1, 0.15) is 27.7 Å². The first-order valence-electron chi connectivity index (χ1n) is 10.3. The fourth-order valence-corrected chi connectivity index (χ4v) is 3.42. The van der Waals surface area contributed by atoms with E-state index in [0.29, 0.717) is 16.9 Å².